The minimum absolute atomic E-state index is 0.114. The number of carbonyl (C=O) groups excluding carboxylic acids is 2. The van der Waals surface area contributed by atoms with Gasteiger partial charge in [-0.1, -0.05) is 54.7 Å². The van der Waals surface area contributed by atoms with Crippen LogP contribution >= 0.6 is 23.2 Å². The number of rotatable bonds is 10. The maximum absolute atomic E-state index is 12.7. The number of urea groups is 1. The van der Waals surface area contributed by atoms with Crippen LogP contribution in [0.4, 0.5) is 16.3 Å². The number of aromatic nitrogens is 2. The molecule has 180 valence electrons. The Bertz CT molecular complexity index is 1150. The molecule has 0 fully saturated rings. The summed E-state index contributed by atoms with van der Waals surface area (Å²) in [6.45, 7) is 2.19. The van der Waals surface area contributed by atoms with E-state index in [1.807, 2.05) is 30.3 Å². The molecule has 0 spiro atoms. The average Bonchev–Trinajstić information content (AvgIpc) is 3.22. The number of unbranched alkanes of at least 4 members (excludes halogenated alkanes) is 1. The van der Waals surface area contributed by atoms with Gasteiger partial charge in [-0.05, 0) is 42.7 Å². The molecular weight excluding hydrogens is 477 g/mol. The van der Waals surface area contributed by atoms with E-state index in [1.54, 1.807) is 22.9 Å². The van der Waals surface area contributed by atoms with Gasteiger partial charge in [0.2, 0.25) is 5.91 Å². The highest BCUT2D eigenvalue weighted by molar-refractivity contribution is 6.44. The van der Waals surface area contributed by atoms with Crippen LogP contribution in [0.2, 0.25) is 10.0 Å². The van der Waals surface area contributed by atoms with E-state index in [0.717, 1.165) is 30.5 Å². The van der Waals surface area contributed by atoms with Crippen molar-refractivity contribution in [3.05, 3.63) is 69.8 Å². The minimum atomic E-state index is -0.494. The number of aliphatic hydroxyl groups excluding tert-OH is 1. The molecule has 3 aromatic rings. The predicted molar refractivity (Wildman–Crippen MR) is 135 cm³/mol. The Hall–Kier alpha value is -3.07. The quantitative estimate of drug-likeness (QED) is 0.318. The molecule has 34 heavy (non-hydrogen) atoms. The molecule has 1 heterocycles. The van der Waals surface area contributed by atoms with Crippen LogP contribution in [-0.4, -0.2) is 40.0 Å². The fraction of sp³-hybridized carbons (Fsp3) is 0.292. The molecule has 0 radical (unpaired) electrons. The first kappa shape index (κ1) is 25.6. The summed E-state index contributed by atoms with van der Waals surface area (Å²) in [4.78, 5) is 24.8. The van der Waals surface area contributed by atoms with Gasteiger partial charge in [0.1, 0.15) is 5.82 Å². The van der Waals surface area contributed by atoms with Crippen LogP contribution in [0.5, 0.6) is 0 Å². The molecule has 1 aromatic heterocycles. The Kier molecular flexibility index (Phi) is 9.33. The minimum Gasteiger partial charge on any atom is -0.395 e. The van der Waals surface area contributed by atoms with Gasteiger partial charge in [0, 0.05) is 12.6 Å². The van der Waals surface area contributed by atoms with Crippen LogP contribution in [0.25, 0.3) is 5.69 Å². The molecule has 0 unspecified atom stereocenters. The van der Waals surface area contributed by atoms with Crippen LogP contribution in [0.1, 0.15) is 31.0 Å². The molecule has 8 nitrogen and oxygen atoms in total. The van der Waals surface area contributed by atoms with E-state index in [-0.39, 0.29) is 30.5 Å². The lowest BCUT2D eigenvalue weighted by Crippen LogP contribution is -2.27. The summed E-state index contributed by atoms with van der Waals surface area (Å²) in [5.41, 5.74) is 2.70. The highest BCUT2D eigenvalue weighted by atomic mass is 35.5. The van der Waals surface area contributed by atoms with Crippen molar-refractivity contribution in [2.75, 3.05) is 23.8 Å². The molecule has 2 aromatic carbocycles. The molecule has 3 rings (SSSR count). The van der Waals surface area contributed by atoms with Crippen molar-refractivity contribution in [2.45, 2.75) is 32.6 Å². The number of amides is 3. The van der Waals surface area contributed by atoms with E-state index in [4.69, 9.17) is 28.3 Å². The van der Waals surface area contributed by atoms with Gasteiger partial charge >= 0.3 is 6.03 Å². The molecule has 0 saturated heterocycles. The molecule has 3 amide bonds. The molecule has 4 N–H and O–H groups in total. The largest absolute Gasteiger partial charge is 0.395 e. The molecular formula is C24H27Cl2N5O3. The Morgan fingerprint density at radius 2 is 1.88 bits per heavy atom. The maximum Gasteiger partial charge on any atom is 0.324 e. The zero-order chi connectivity index (χ0) is 24.5. The van der Waals surface area contributed by atoms with E-state index < -0.39 is 6.03 Å². The summed E-state index contributed by atoms with van der Waals surface area (Å²) in [6.07, 6.45) is 2.91. The van der Waals surface area contributed by atoms with Gasteiger partial charge in [0.05, 0.1) is 40.1 Å². The topological polar surface area (TPSA) is 108 Å². The van der Waals surface area contributed by atoms with Gasteiger partial charge in [0.25, 0.3) is 0 Å². The molecule has 0 saturated carbocycles. The average molecular weight is 504 g/mol. The number of anilines is 2. The van der Waals surface area contributed by atoms with E-state index in [9.17, 15) is 9.59 Å². The standard InChI is InChI=1S/C24H27Cl2N5O3/c1-2-3-7-17-15-21(29-24(34)28-20-10-5-9-19(25)23(20)26)31(30-17)18-8-4-6-16(13-18)14-22(33)27-11-12-32/h4-6,8-10,13,15,32H,2-3,7,11-12,14H2,1H3,(H,27,33)(H2,28,29,34). The van der Waals surface area contributed by atoms with Crippen LogP contribution in [0, 0.1) is 0 Å². The number of nitrogens with one attached hydrogen (secondary N) is 3. The lowest BCUT2D eigenvalue weighted by molar-refractivity contribution is -0.120. The maximum atomic E-state index is 12.7. The molecule has 0 atom stereocenters. The molecule has 10 heteroatoms. The van der Waals surface area contributed by atoms with E-state index in [2.05, 4.69) is 28.0 Å². The first-order chi connectivity index (χ1) is 16.4. The van der Waals surface area contributed by atoms with Crippen LogP contribution in [-0.2, 0) is 17.6 Å². The van der Waals surface area contributed by atoms with E-state index >= 15 is 0 Å². The van der Waals surface area contributed by atoms with Gasteiger partial charge < -0.3 is 15.7 Å². The van der Waals surface area contributed by atoms with Crippen molar-refractivity contribution in [2.24, 2.45) is 0 Å². The smallest absolute Gasteiger partial charge is 0.324 e. The lowest BCUT2D eigenvalue weighted by atomic mass is 10.1. The fourth-order valence-electron chi connectivity index (χ4n) is 3.31. The first-order valence-electron chi connectivity index (χ1n) is 11.0. The summed E-state index contributed by atoms with van der Waals surface area (Å²) in [7, 11) is 0. The van der Waals surface area contributed by atoms with Crippen LogP contribution in [0.15, 0.2) is 48.5 Å². The normalized spacial score (nSPS) is 10.7. The third kappa shape index (κ3) is 6.96. The van der Waals surface area contributed by atoms with E-state index in [1.165, 1.54) is 0 Å². The Morgan fingerprint density at radius 1 is 1.09 bits per heavy atom. The first-order valence-corrected chi connectivity index (χ1v) is 11.7. The van der Waals surface area contributed by atoms with Gasteiger partial charge in [-0.2, -0.15) is 5.10 Å². The second kappa shape index (κ2) is 12.4. The van der Waals surface area contributed by atoms with Crippen LogP contribution < -0.4 is 16.0 Å². The highest BCUT2D eigenvalue weighted by Crippen LogP contribution is 2.29. The van der Waals surface area contributed by atoms with Crippen molar-refractivity contribution in [3.63, 3.8) is 0 Å². The number of nitrogens with zero attached hydrogens (tertiary/aromatic N) is 2. The van der Waals surface area contributed by atoms with Gasteiger partial charge in [-0.3, -0.25) is 10.1 Å². The van der Waals surface area contributed by atoms with Gasteiger partial charge in [-0.15, -0.1) is 0 Å². The fourth-order valence-corrected chi connectivity index (χ4v) is 3.66. The SMILES string of the molecule is CCCCc1cc(NC(=O)Nc2cccc(Cl)c2Cl)n(-c2cccc(CC(=O)NCCO)c2)n1. The molecule has 0 aliphatic rings. The van der Waals surface area contributed by atoms with Crippen molar-refractivity contribution in [1.29, 1.82) is 0 Å². The van der Waals surface area contributed by atoms with Crippen molar-refractivity contribution >= 4 is 46.6 Å². The number of halogens is 2. The zero-order valence-corrected chi connectivity index (χ0v) is 20.3. The second-order valence-electron chi connectivity index (χ2n) is 7.64. The summed E-state index contributed by atoms with van der Waals surface area (Å²) in [5.74, 6) is 0.287. The highest BCUT2D eigenvalue weighted by Gasteiger charge is 2.15. The number of hydrogen-bond acceptors (Lipinski definition) is 4. The van der Waals surface area contributed by atoms with E-state index in [0.29, 0.717) is 22.2 Å². The summed E-state index contributed by atoms with van der Waals surface area (Å²) in [5, 5.41) is 22.3. The third-order valence-electron chi connectivity index (χ3n) is 4.94. The molecule has 0 bridgehead atoms. The Morgan fingerprint density at radius 3 is 2.65 bits per heavy atom. The molecule has 0 aliphatic heterocycles. The van der Waals surface area contributed by atoms with Gasteiger partial charge in [-0.25, -0.2) is 9.48 Å². The van der Waals surface area contributed by atoms with Crippen molar-refractivity contribution in [1.82, 2.24) is 15.1 Å². The summed E-state index contributed by atoms with van der Waals surface area (Å²) < 4.78 is 1.64. The number of carbonyl (C=O) groups is 2. The predicted octanol–water partition coefficient (Wildman–Crippen LogP) is 4.82. The monoisotopic (exact) mass is 503 g/mol. The zero-order valence-electron chi connectivity index (χ0n) is 18.8. The number of aliphatic hydroxyl groups is 1. The summed E-state index contributed by atoms with van der Waals surface area (Å²) >= 11 is 12.2. The number of hydrogen-bond donors (Lipinski definition) is 4. The van der Waals surface area contributed by atoms with Crippen molar-refractivity contribution in [3.8, 4) is 5.69 Å². The number of benzene rings is 2. The van der Waals surface area contributed by atoms with Gasteiger partial charge in [0.15, 0.2) is 0 Å². The Labute approximate surface area is 208 Å². The summed E-state index contributed by atoms with van der Waals surface area (Å²) in [6, 6.07) is 13.7. The van der Waals surface area contributed by atoms with Crippen LogP contribution in [0.3, 0.4) is 0 Å². The Balaban J connectivity index is 1.84. The third-order valence-corrected chi connectivity index (χ3v) is 5.76. The van der Waals surface area contributed by atoms with Crippen molar-refractivity contribution < 1.29 is 14.7 Å². The second-order valence-corrected chi connectivity index (χ2v) is 8.42. The molecule has 0 aliphatic carbocycles. The lowest BCUT2D eigenvalue weighted by Gasteiger charge is -2.12. The number of aryl methyl sites for hydroxylation is 1.